The van der Waals surface area contributed by atoms with Gasteiger partial charge < -0.3 is 59.7 Å². The highest BCUT2D eigenvalue weighted by molar-refractivity contribution is 5.83. The number of methoxy groups -OCH3 is 2. The fourth-order valence-corrected chi connectivity index (χ4v) is 7.29. The van der Waals surface area contributed by atoms with Gasteiger partial charge in [0.25, 0.3) is 5.69 Å². The third kappa shape index (κ3) is 12.7. The third-order valence-corrected chi connectivity index (χ3v) is 10.9. The van der Waals surface area contributed by atoms with E-state index in [0.29, 0.717) is 58.5 Å². The molecule has 4 aromatic carbocycles. The topological polar surface area (TPSA) is 206 Å². The standard InChI is InChI=1S/C24H27N7O3.C24H29N7O.CH4O.CH4/c1-28(2)13-14-29(3)20-16-22(34-4)18(15-21(20)31(32)33)26-24-25-11-9-23(27-24)30-12-10-17-7-5-6-8-19(17)30;1-29(2)13-14-30(3)21-16-22(32-4)19(15-18(21)25)27-24-26-11-9-23(28-24)31-12-10-17-7-5-6-8-20(17)31;1-2;/h5-12,15-16H,13-14H2,1-4H3,(H,25,26,27);5-12,15-16H,13-14,25H2,1-4H3,(H,26,27,28);2H,1H3;1H4. The number of aromatic nitrogens is 6. The van der Waals surface area contributed by atoms with Gasteiger partial charge in [0.2, 0.25) is 11.9 Å². The maximum atomic E-state index is 11.9. The molecule has 5 N–H and O–H groups in total. The zero-order chi connectivity index (χ0) is 48.9. The van der Waals surface area contributed by atoms with Crippen LogP contribution in [0.15, 0.2) is 122 Å². The van der Waals surface area contributed by atoms with Crippen LogP contribution in [0.2, 0.25) is 0 Å². The van der Waals surface area contributed by atoms with Crippen molar-refractivity contribution in [2.75, 3.05) is 116 Å². The molecule has 4 heterocycles. The number of rotatable bonds is 17. The molecule has 0 amide bonds. The summed E-state index contributed by atoms with van der Waals surface area (Å²) in [5.74, 6) is 3.34. The molecular formula is C50H64N14O5. The van der Waals surface area contributed by atoms with Gasteiger partial charge in [-0.05, 0) is 81.4 Å². The minimum absolute atomic E-state index is 0. The smallest absolute Gasteiger partial charge is 0.294 e. The molecule has 0 aliphatic rings. The van der Waals surface area contributed by atoms with Crippen LogP contribution in [-0.2, 0) is 0 Å². The fraction of sp³-hybridized carbons (Fsp3) is 0.280. The molecule has 8 aromatic rings. The Hall–Kier alpha value is -8.00. The summed E-state index contributed by atoms with van der Waals surface area (Å²) in [5.41, 5.74) is 11.6. The summed E-state index contributed by atoms with van der Waals surface area (Å²) in [5, 5.41) is 27.5. The van der Waals surface area contributed by atoms with Gasteiger partial charge in [-0.25, -0.2) is 9.97 Å². The maximum absolute atomic E-state index is 11.9. The lowest BCUT2D eigenvalue weighted by Gasteiger charge is -2.24. The number of anilines is 7. The van der Waals surface area contributed by atoms with Gasteiger partial charge in [-0.1, -0.05) is 43.8 Å². The van der Waals surface area contributed by atoms with Crippen molar-refractivity contribution in [3.63, 3.8) is 0 Å². The molecule has 0 aliphatic carbocycles. The number of benzene rings is 4. The molecule has 0 bridgehead atoms. The van der Waals surface area contributed by atoms with Crippen LogP contribution in [0.5, 0.6) is 11.5 Å². The Morgan fingerprint density at radius 2 is 1.07 bits per heavy atom. The van der Waals surface area contributed by atoms with Crippen LogP contribution >= 0.6 is 0 Å². The number of nitrogens with two attached hydrogens (primary N) is 1. The van der Waals surface area contributed by atoms with Crippen LogP contribution < -0.4 is 35.6 Å². The lowest BCUT2D eigenvalue weighted by molar-refractivity contribution is -0.384. The lowest BCUT2D eigenvalue weighted by Crippen LogP contribution is -2.29. The number of nitrogen functional groups attached to an aromatic ring is 1. The number of hydrogen-bond acceptors (Lipinski definition) is 16. The molecule has 4 aromatic heterocycles. The first kappa shape index (κ1) is 52.0. The predicted octanol–water partition coefficient (Wildman–Crippen LogP) is 8.08. The van der Waals surface area contributed by atoms with E-state index < -0.39 is 4.92 Å². The van der Waals surface area contributed by atoms with Crippen LogP contribution in [0.1, 0.15) is 7.43 Å². The number of aliphatic hydroxyl groups excluding tert-OH is 1. The molecule has 0 unspecified atom stereocenters. The number of nitrogens with zero attached hydrogens (tertiary/aromatic N) is 11. The maximum Gasteiger partial charge on any atom is 0.294 e. The first-order valence-corrected chi connectivity index (χ1v) is 21.7. The quantitative estimate of drug-likeness (QED) is 0.0387. The van der Waals surface area contributed by atoms with E-state index in [4.69, 9.17) is 25.3 Å². The van der Waals surface area contributed by atoms with Crippen LogP contribution in [0.3, 0.4) is 0 Å². The van der Waals surface area contributed by atoms with E-state index in [1.807, 2.05) is 120 Å². The molecule has 0 fully saturated rings. The molecule has 0 spiro atoms. The number of aliphatic hydroxyl groups is 1. The van der Waals surface area contributed by atoms with Crippen LogP contribution in [0, 0.1) is 10.1 Å². The number of nitrogens with one attached hydrogen (secondary N) is 2. The first-order valence-electron chi connectivity index (χ1n) is 21.7. The van der Waals surface area contributed by atoms with Crippen molar-refractivity contribution in [1.29, 1.82) is 0 Å². The van der Waals surface area contributed by atoms with Crippen LogP contribution in [-0.4, -0.2) is 139 Å². The van der Waals surface area contributed by atoms with Crippen molar-refractivity contribution >= 4 is 67.8 Å². The largest absolute Gasteiger partial charge is 0.494 e. The summed E-state index contributed by atoms with van der Waals surface area (Å²) >= 11 is 0. The van der Waals surface area contributed by atoms with E-state index in [1.165, 1.54) is 13.2 Å². The van der Waals surface area contributed by atoms with E-state index in [2.05, 4.69) is 67.7 Å². The monoisotopic (exact) mass is 941 g/mol. The summed E-state index contributed by atoms with van der Waals surface area (Å²) in [6.45, 7) is 3.15. The van der Waals surface area contributed by atoms with Gasteiger partial charge in [-0.3, -0.25) is 10.1 Å². The first-order chi connectivity index (χ1) is 32.8. The molecular weight excluding hydrogens is 877 g/mol. The Labute approximate surface area is 403 Å². The fourth-order valence-electron chi connectivity index (χ4n) is 7.29. The summed E-state index contributed by atoms with van der Waals surface area (Å²) in [6, 6.07) is 30.9. The molecule has 8 rings (SSSR count). The van der Waals surface area contributed by atoms with Gasteiger partial charge in [0.15, 0.2) is 0 Å². The third-order valence-electron chi connectivity index (χ3n) is 10.9. The normalized spacial score (nSPS) is 10.7. The van der Waals surface area contributed by atoms with Crippen molar-refractivity contribution in [3.05, 3.63) is 132 Å². The molecule has 19 nitrogen and oxygen atoms in total. The zero-order valence-corrected chi connectivity index (χ0v) is 40.0. The van der Waals surface area contributed by atoms with Crippen LogP contribution in [0.4, 0.5) is 46.0 Å². The number of nitro benzene ring substituents is 1. The van der Waals surface area contributed by atoms with Gasteiger partial charge >= 0.3 is 0 Å². The predicted molar refractivity (Wildman–Crippen MR) is 280 cm³/mol. The molecule has 0 saturated carbocycles. The molecule has 0 atom stereocenters. The number of para-hydroxylation sites is 2. The number of fused-ring (bicyclic) bond motifs is 2. The highest BCUT2D eigenvalue weighted by atomic mass is 16.6. The van der Waals surface area contributed by atoms with Crippen molar-refractivity contribution in [2.45, 2.75) is 7.43 Å². The summed E-state index contributed by atoms with van der Waals surface area (Å²) in [6.07, 6.45) is 7.33. The second-order valence-corrected chi connectivity index (χ2v) is 16.1. The van der Waals surface area contributed by atoms with E-state index >= 15 is 0 Å². The molecule has 0 saturated heterocycles. The lowest BCUT2D eigenvalue weighted by atomic mass is 10.2. The minimum Gasteiger partial charge on any atom is -0.494 e. The van der Waals surface area contributed by atoms with Crippen molar-refractivity contribution < 1.29 is 19.5 Å². The van der Waals surface area contributed by atoms with Gasteiger partial charge in [0.05, 0.1) is 52.9 Å². The number of ether oxygens (including phenoxy) is 2. The minimum atomic E-state index is -0.394. The molecule has 364 valence electrons. The van der Waals surface area contributed by atoms with Gasteiger partial charge in [0.1, 0.15) is 28.8 Å². The average Bonchev–Trinajstić information content (AvgIpc) is 3.99. The van der Waals surface area contributed by atoms with Gasteiger partial charge in [0, 0.05) is 90.4 Å². The summed E-state index contributed by atoms with van der Waals surface area (Å²) < 4.78 is 15.2. The molecule has 0 aliphatic heterocycles. The van der Waals surface area contributed by atoms with E-state index in [9.17, 15) is 10.1 Å². The van der Waals surface area contributed by atoms with Crippen LogP contribution in [0.25, 0.3) is 33.4 Å². The Bertz CT molecular complexity index is 2940. The Balaban J connectivity index is 0.000000246. The second kappa shape index (κ2) is 24.1. The number of likely N-dealkylation sites (N-methyl/N-ethyl adjacent to an activating group) is 4. The van der Waals surface area contributed by atoms with Gasteiger partial charge in [-0.2, -0.15) is 9.97 Å². The average molecular weight is 941 g/mol. The molecule has 0 radical (unpaired) electrons. The summed E-state index contributed by atoms with van der Waals surface area (Å²) in [4.78, 5) is 37.6. The van der Waals surface area contributed by atoms with E-state index in [1.54, 1.807) is 31.6 Å². The highest BCUT2D eigenvalue weighted by Gasteiger charge is 2.23. The van der Waals surface area contributed by atoms with Gasteiger partial charge in [-0.15, -0.1) is 0 Å². The van der Waals surface area contributed by atoms with Crippen molar-refractivity contribution in [3.8, 4) is 23.1 Å². The van der Waals surface area contributed by atoms with E-state index in [0.717, 1.165) is 60.1 Å². The zero-order valence-electron chi connectivity index (χ0n) is 40.0. The van der Waals surface area contributed by atoms with Crippen molar-refractivity contribution in [1.82, 2.24) is 38.9 Å². The summed E-state index contributed by atoms with van der Waals surface area (Å²) in [7, 11) is 16.0. The van der Waals surface area contributed by atoms with E-state index in [-0.39, 0.29) is 13.1 Å². The Morgan fingerprint density at radius 1 is 0.638 bits per heavy atom. The van der Waals surface area contributed by atoms with Crippen molar-refractivity contribution in [2.24, 2.45) is 0 Å². The molecule has 19 heteroatoms. The Morgan fingerprint density at radius 3 is 1.52 bits per heavy atom. The second-order valence-electron chi connectivity index (χ2n) is 16.1. The SMILES string of the molecule is C.CO.COc1cc(N(C)CCN(C)C)c(N)cc1Nc1nccc(-n2ccc3ccccc32)n1.COc1cc(N(C)CCN(C)C)c([N+](=O)[O-])cc1Nc1nccc(-n2ccc3ccccc32)n1. The Kier molecular flexibility index (Phi) is 18.2. The number of nitro groups is 1. The highest BCUT2D eigenvalue weighted by Crippen LogP contribution is 2.39. The molecule has 69 heavy (non-hydrogen) atoms. The number of hydrogen-bond donors (Lipinski definition) is 4.